The molecule has 0 aliphatic rings. The minimum atomic E-state index is -0.313. The summed E-state index contributed by atoms with van der Waals surface area (Å²) in [4.78, 5) is 13.0. The summed E-state index contributed by atoms with van der Waals surface area (Å²) >= 11 is 1.56. The predicted molar refractivity (Wildman–Crippen MR) is 62.8 cm³/mol. The number of hydrogen-bond donors (Lipinski definition) is 0. The molecule has 15 heavy (non-hydrogen) atoms. The van der Waals surface area contributed by atoms with Crippen LogP contribution >= 0.6 is 11.8 Å². The van der Waals surface area contributed by atoms with Gasteiger partial charge in [-0.05, 0) is 30.9 Å². The highest BCUT2D eigenvalue weighted by Crippen LogP contribution is 2.25. The standard InChI is InChI=1S/C12H14O2S/c1-9-4-6-11(7-5-9)15-10(2)8-12(13)14-3/h4-8H,1-3H3. The van der Waals surface area contributed by atoms with Gasteiger partial charge in [-0.3, -0.25) is 0 Å². The number of ether oxygens (including phenoxy) is 1. The lowest BCUT2D eigenvalue weighted by molar-refractivity contribution is -0.134. The number of allylic oxidation sites excluding steroid dienone is 1. The van der Waals surface area contributed by atoms with Gasteiger partial charge in [0.05, 0.1) is 7.11 Å². The second-order valence-corrected chi connectivity index (χ2v) is 4.51. The maximum atomic E-state index is 11.0. The highest BCUT2D eigenvalue weighted by Gasteiger charge is 1.99. The summed E-state index contributed by atoms with van der Waals surface area (Å²) in [6, 6.07) is 8.17. The van der Waals surface area contributed by atoms with Crippen molar-refractivity contribution in [1.29, 1.82) is 0 Å². The largest absolute Gasteiger partial charge is 0.466 e. The third kappa shape index (κ3) is 4.21. The van der Waals surface area contributed by atoms with E-state index in [0.29, 0.717) is 0 Å². The Labute approximate surface area is 94.3 Å². The van der Waals surface area contributed by atoms with Gasteiger partial charge in [-0.1, -0.05) is 29.5 Å². The molecule has 0 saturated heterocycles. The van der Waals surface area contributed by atoms with Crippen molar-refractivity contribution < 1.29 is 9.53 Å². The molecular weight excluding hydrogens is 208 g/mol. The first-order valence-corrected chi connectivity index (χ1v) is 5.44. The highest BCUT2D eigenvalue weighted by atomic mass is 32.2. The van der Waals surface area contributed by atoms with Crippen molar-refractivity contribution in [3.8, 4) is 0 Å². The molecular formula is C12H14O2S. The van der Waals surface area contributed by atoms with Gasteiger partial charge < -0.3 is 4.74 Å². The van der Waals surface area contributed by atoms with Gasteiger partial charge in [0, 0.05) is 11.0 Å². The van der Waals surface area contributed by atoms with Gasteiger partial charge in [-0.25, -0.2) is 4.79 Å². The number of esters is 1. The molecule has 0 radical (unpaired) electrons. The molecule has 0 aliphatic heterocycles. The number of carbonyl (C=O) groups excluding carboxylic acids is 1. The minimum Gasteiger partial charge on any atom is -0.466 e. The third-order valence-electron chi connectivity index (χ3n) is 1.82. The Morgan fingerprint density at radius 3 is 2.47 bits per heavy atom. The molecule has 1 rings (SSSR count). The number of hydrogen-bond acceptors (Lipinski definition) is 3. The average molecular weight is 222 g/mol. The first-order valence-electron chi connectivity index (χ1n) is 4.62. The van der Waals surface area contributed by atoms with Crippen LogP contribution in [0.4, 0.5) is 0 Å². The number of benzene rings is 1. The predicted octanol–water partition coefficient (Wildman–Crippen LogP) is 3.16. The van der Waals surface area contributed by atoms with Crippen molar-refractivity contribution >= 4 is 17.7 Å². The van der Waals surface area contributed by atoms with Gasteiger partial charge in [0.15, 0.2) is 0 Å². The molecule has 0 N–H and O–H groups in total. The zero-order chi connectivity index (χ0) is 11.3. The van der Waals surface area contributed by atoms with Crippen molar-refractivity contribution in [2.45, 2.75) is 18.7 Å². The number of rotatable bonds is 3. The van der Waals surface area contributed by atoms with Crippen LogP contribution in [0.25, 0.3) is 0 Å². The summed E-state index contributed by atoms with van der Waals surface area (Å²) in [7, 11) is 1.38. The van der Waals surface area contributed by atoms with E-state index in [4.69, 9.17) is 0 Å². The maximum absolute atomic E-state index is 11.0. The fourth-order valence-electron chi connectivity index (χ4n) is 1.05. The van der Waals surface area contributed by atoms with Gasteiger partial charge in [-0.15, -0.1) is 0 Å². The van der Waals surface area contributed by atoms with E-state index < -0.39 is 0 Å². The molecule has 0 heterocycles. The van der Waals surface area contributed by atoms with Crippen LogP contribution in [0, 0.1) is 6.92 Å². The van der Waals surface area contributed by atoms with E-state index in [-0.39, 0.29) is 5.97 Å². The maximum Gasteiger partial charge on any atom is 0.331 e. The molecule has 1 aromatic carbocycles. The average Bonchev–Trinajstić information content (AvgIpc) is 2.21. The smallest absolute Gasteiger partial charge is 0.331 e. The quantitative estimate of drug-likeness (QED) is 0.446. The van der Waals surface area contributed by atoms with E-state index in [9.17, 15) is 4.79 Å². The molecule has 0 unspecified atom stereocenters. The molecule has 0 aromatic heterocycles. The van der Waals surface area contributed by atoms with E-state index in [0.717, 1.165) is 9.80 Å². The van der Waals surface area contributed by atoms with Crippen LogP contribution in [0.2, 0.25) is 0 Å². The third-order valence-corrected chi connectivity index (χ3v) is 2.77. The van der Waals surface area contributed by atoms with Crippen molar-refractivity contribution in [2.75, 3.05) is 7.11 Å². The van der Waals surface area contributed by atoms with Gasteiger partial charge in [0.1, 0.15) is 0 Å². The number of thioether (sulfide) groups is 1. The Kier molecular flexibility index (Phi) is 4.43. The van der Waals surface area contributed by atoms with Crippen molar-refractivity contribution in [3.05, 3.63) is 40.8 Å². The van der Waals surface area contributed by atoms with Crippen LogP contribution in [0.3, 0.4) is 0 Å². The van der Waals surface area contributed by atoms with Crippen LogP contribution < -0.4 is 0 Å². The molecule has 0 atom stereocenters. The van der Waals surface area contributed by atoms with Gasteiger partial charge in [-0.2, -0.15) is 0 Å². The summed E-state index contributed by atoms with van der Waals surface area (Å²) < 4.78 is 4.55. The summed E-state index contributed by atoms with van der Waals surface area (Å²) in [6.07, 6.45) is 1.49. The van der Waals surface area contributed by atoms with E-state index in [1.807, 2.05) is 38.1 Å². The summed E-state index contributed by atoms with van der Waals surface area (Å²) in [6.45, 7) is 3.94. The molecule has 0 aliphatic carbocycles. The molecule has 0 saturated carbocycles. The second kappa shape index (κ2) is 5.61. The molecule has 0 spiro atoms. The molecule has 2 nitrogen and oxygen atoms in total. The van der Waals surface area contributed by atoms with E-state index in [1.54, 1.807) is 11.8 Å². The van der Waals surface area contributed by atoms with Crippen LogP contribution in [-0.2, 0) is 9.53 Å². The Morgan fingerprint density at radius 1 is 1.33 bits per heavy atom. The number of methoxy groups -OCH3 is 1. The van der Waals surface area contributed by atoms with Crippen LogP contribution in [0.1, 0.15) is 12.5 Å². The molecule has 1 aromatic rings. The Balaban J connectivity index is 2.66. The van der Waals surface area contributed by atoms with Crippen molar-refractivity contribution in [3.63, 3.8) is 0 Å². The normalized spacial score (nSPS) is 11.3. The van der Waals surface area contributed by atoms with Gasteiger partial charge in [0.25, 0.3) is 0 Å². The van der Waals surface area contributed by atoms with Crippen LogP contribution in [-0.4, -0.2) is 13.1 Å². The van der Waals surface area contributed by atoms with Gasteiger partial charge >= 0.3 is 5.97 Å². The van der Waals surface area contributed by atoms with Crippen LogP contribution in [0.15, 0.2) is 40.1 Å². The van der Waals surface area contributed by atoms with E-state index in [1.165, 1.54) is 18.7 Å². The Hall–Kier alpha value is -1.22. The second-order valence-electron chi connectivity index (χ2n) is 3.19. The molecule has 0 bridgehead atoms. The monoisotopic (exact) mass is 222 g/mol. The lowest BCUT2D eigenvalue weighted by Crippen LogP contribution is -1.94. The zero-order valence-electron chi connectivity index (χ0n) is 9.11. The lowest BCUT2D eigenvalue weighted by Gasteiger charge is -2.01. The van der Waals surface area contributed by atoms with Gasteiger partial charge in [0.2, 0.25) is 0 Å². The Morgan fingerprint density at radius 2 is 1.93 bits per heavy atom. The topological polar surface area (TPSA) is 26.3 Å². The first-order chi connectivity index (χ1) is 7.11. The minimum absolute atomic E-state index is 0.313. The fourth-order valence-corrected chi connectivity index (χ4v) is 1.85. The molecule has 80 valence electrons. The summed E-state index contributed by atoms with van der Waals surface area (Å²) in [5.41, 5.74) is 1.23. The fraction of sp³-hybridized carbons (Fsp3) is 0.250. The van der Waals surface area contributed by atoms with Crippen molar-refractivity contribution in [1.82, 2.24) is 0 Å². The Bertz CT molecular complexity index is 366. The van der Waals surface area contributed by atoms with Crippen molar-refractivity contribution in [2.24, 2.45) is 0 Å². The lowest BCUT2D eigenvalue weighted by atomic mass is 10.2. The molecule has 0 amide bonds. The van der Waals surface area contributed by atoms with E-state index in [2.05, 4.69) is 4.74 Å². The van der Waals surface area contributed by atoms with Crippen LogP contribution in [0.5, 0.6) is 0 Å². The highest BCUT2D eigenvalue weighted by molar-refractivity contribution is 8.03. The molecule has 0 fully saturated rings. The number of carbonyl (C=O) groups is 1. The SMILES string of the molecule is COC(=O)C=C(C)Sc1ccc(C)cc1. The van der Waals surface area contributed by atoms with E-state index >= 15 is 0 Å². The first kappa shape index (κ1) is 11.9. The number of aryl methyl sites for hydroxylation is 1. The summed E-state index contributed by atoms with van der Waals surface area (Å²) in [5.74, 6) is -0.313. The zero-order valence-corrected chi connectivity index (χ0v) is 9.93. The summed E-state index contributed by atoms with van der Waals surface area (Å²) in [5, 5.41) is 0. The molecule has 3 heteroatoms.